The molecule has 2 rings (SSSR count). The molecule has 0 radical (unpaired) electrons. The predicted molar refractivity (Wildman–Crippen MR) is 58.4 cm³/mol. The van der Waals surface area contributed by atoms with Crippen molar-refractivity contribution in [2.75, 3.05) is 0 Å². The summed E-state index contributed by atoms with van der Waals surface area (Å²) >= 11 is 3.34. The van der Waals surface area contributed by atoms with Crippen LogP contribution < -0.4 is 5.73 Å². The first-order valence-corrected chi connectivity index (χ1v) is 5.01. The number of rotatable bonds is 2. The van der Waals surface area contributed by atoms with Gasteiger partial charge in [0.25, 0.3) is 0 Å². The molecule has 1 aromatic carbocycles. The smallest absolute Gasteiger partial charge is 0.326 e. The Morgan fingerprint density at radius 3 is 3.00 bits per heavy atom. The van der Waals surface area contributed by atoms with Gasteiger partial charge in [0.05, 0.1) is 11.2 Å². The summed E-state index contributed by atoms with van der Waals surface area (Å²) in [6, 6.07) is 4.34. The number of nitrogens with one attached hydrogen (secondary N) is 1. The van der Waals surface area contributed by atoms with Gasteiger partial charge >= 0.3 is 5.97 Å². The maximum Gasteiger partial charge on any atom is 0.326 e. The molecule has 6 heteroatoms. The quantitative estimate of drug-likeness (QED) is 0.769. The molecule has 1 aromatic heterocycles. The average Bonchev–Trinajstić information content (AvgIpc) is 2.61. The molecule has 15 heavy (non-hydrogen) atoms. The van der Waals surface area contributed by atoms with Crippen LogP contribution in [0.25, 0.3) is 10.9 Å². The number of fused-ring (bicyclic) bond motifs is 1. The molecule has 1 atom stereocenters. The van der Waals surface area contributed by atoms with Gasteiger partial charge in [0.1, 0.15) is 6.04 Å². The third-order valence-corrected chi connectivity index (χ3v) is 2.80. The van der Waals surface area contributed by atoms with Crippen molar-refractivity contribution in [1.29, 1.82) is 0 Å². The van der Waals surface area contributed by atoms with Crippen molar-refractivity contribution in [3.05, 3.63) is 28.4 Å². The minimum absolute atomic E-state index is 0.407. The highest BCUT2D eigenvalue weighted by Gasteiger charge is 2.20. The summed E-state index contributed by atoms with van der Waals surface area (Å²) in [6.07, 6.45) is 0. The number of carbonyl (C=O) groups is 1. The molecule has 0 fully saturated rings. The highest BCUT2D eigenvalue weighted by atomic mass is 79.9. The van der Waals surface area contributed by atoms with E-state index in [0.717, 1.165) is 4.47 Å². The van der Waals surface area contributed by atoms with E-state index in [9.17, 15) is 4.79 Å². The van der Waals surface area contributed by atoms with E-state index in [1.165, 1.54) is 0 Å². The topological polar surface area (TPSA) is 92.0 Å². The van der Waals surface area contributed by atoms with E-state index in [4.69, 9.17) is 10.8 Å². The highest BCUT2D eigenvalue weighted by molar-refractivity contribution is 9.10. The summed E-state index contributed by atoms with van der Waals surface area (Å²) in [6.45, 7) is 0. The van der Waals surface area contributed by atoms with E-state index in [1.807, 2.05) is 12.1 Å². The lowest BCUT2D eigenvalue weighted by Gasteiger charge is -2.04. The third-order valence-electron chi connectivity index (χ3n) is 2.13. The second-order valence-corrected chi connectivity index (χ2v) is 3.94. The Morgan fingerprint density at radius 1 is 1.60 bits per heavy atom. The summed E-state index contributed by atoms with van der Waals surface area (Å²) in [5.74, 6) is -1.09. The van der Waals surface area contributed by atoms with Crippen LogP contribution in [0.2, 0.25) is 0 Å². The first-order valence-electron chi connectivity index (χ1n) is 4.22. The van der Waals surface area contributed by atoms with Gasteiger partial charge in [-0.1, -0.05) is 22.0 Å². The summed E-state index contributed by atoms with van der Waals surface area (Å²) in [7, 11) is 0. The minimum Gasteiger partial charge on any atom is -0.480 e. The number of benzene rings is 1. The number of hydrogen-bond acceptors (Lipinski definition) is 3. The van der Waals surface area contributed by atoms with E-state index >= 15 is 0 Å². The van der Waals surface area contributed by atoms with Gasteiger partial charge in [-0.05, 0) is 12.1 Å². The molecule has 0 saturated carbocycles. The largest absolute Gasteiger partial charge is 0.480 e. The number of carboxylic acids is 1. The SMILES string of the molecule is NC(C(=O)O)c1[nH]nc2cccc(Br)c12. The van der Waals surface area contributed by atoms with Crippen LogP contribution in [0, 0.1) is 0 Å². The third kappa shape index (κ3) is 1.62. The Balaban J connectivity index is 2.67. The molecule has 1 unspecified atom stereocenters. The Kier molecular flexibility index (Phi) is 2.45. The number of aromatic nitrogens is 2. The van der Waals surface area contributed by atoms with Crippen LogP contribution >= 0.6 is 15.9 Å². The summed E-state index contributed by atoms with van der Waals surface area (Å²) in [5.41, 5.74) is 6.62. The van der Waals surface area contributed by atoms with Crippen LogP contribution in [0.15, 0.2) is 22.7 Å². The highest BCUT2D eigenvalue weighted by Crippen LogP contribution is 2.28. The van der Waals surface area contributed by atoms with Crippen molar-refractivity contribution in [2.24, 2.45) is 5.73 Å². The fourth-order valence-electron chi connectivity index (χ4n) is 1.40. The molecule has 1 heterocycles. The molecular formula is C9H8BrN3O2. The number of hydrogen-bond donors (Lipinski definition) is 3. The lowest BCUT2D eigenvalue weighted by atomic mass is 10.1. The van der Waals surface area contributed by atoms with Crippen LogP contribution in [-0.4, -0.2) is 21.3 Å². The van der Waals surface area contributed by atoms with E-state index in [1.54, 1.807) is 6.07 Å². The van der Waals surface area contributed by atoms with Gasteiger partial charge in [0.15, 0.2) is 0 Å². The van der Waals surface area contributed by atoms with Crippen LogP contribution in [0.4, 0.5) is 0 Å². The zero-order chi connectivity index (χ0) is 11.0. The van der Waals surface area contributed by atoms with E-state index < -0.39 is 12.0 Å². The van der Waals surface area contributed by atoms with Crippen molar-refractivity contribution < 1.29 is 9.90 Å². The second kappa shape index (κ2) is 3.63. The van der Waals surface area contributed by atoms with Gasteiger partial charge in [0.2, 0.25) is 0 Å². The lowest BCUT2D eigenvalue weighted by Crippen LogP contribution is -2.21. The van der Waals surface area contributed by atoms with Crippen molar-refractivity contribution in [2.45, 2.75) is 6.04 Å². The number of nitrogens with zero attached hydrogens (tertiary/aromatic N) is 1. The molecule has 78 valence electrons. The Morgan fingerprint density at radius 2 is 2.33 bits per heavy atom. The molecule has 0 spiro atoms. The van der Waals surface area contributed by atoms with Gasteiger partial charge in [-0.2, -0.15) is 5.10 Å². The maximum atomic E-state index is 10.8. The standard InChI is InChI=1S/C9H8BrN3O2/c10-4-2-1-3-5-6(4)8(13-12-5)7(11)9(14)15/h1-3,7H,11H2,(H,12,13)(H,14,15). The molecule has 0 aliphatic carbocycles. The van der Waals surface area contributed by atoms with Crippen LogP contribution in [-0.2, 0) is 4.79 Å². The molecule has 0 aliphatic rings. The van der Waals surface area contributed by atoms with E-state index in [0.29, 0.717) is 16.6 Å². The van der Waals surface area contributed by atoms with E-state index in [-0.39, 0.29) is 0 Å². The minimum atomic E-state index is -1.09. The lowest BCUT2D eigenvalue weighted by molar-refractivity contribution is -0.138. The van der Waals surface area contributed by atoms with E-state index in [2.05, 4.69) is 26.1 Å². The van der Waals surface area contributed by atoms with Gasteiger partial charge in [-0.3, -0.25) is 9.89 Å². The molecular weight excluding hydrogens is 262 g/mol. The fourth-order valence-corrected chi connectivity index (χ4v) is 1.97. The average molecular weight is 270 g/mol. The first-order chi connectivity index (χ1) is 7.11. The molecule has 0 aliphatic heterocycles. The molecule has 4 N–H and O–H groups in total. The zero-order valence-corrected chi connectivity index (χ0v) is 9.15. The maximum absolute atomic E-state index is 10.8. The molecule has 2 aromatic rings. The number of halogens is 1. The molecule has 0 saturated heterocycles. The monoisotopic (exact) mass is 269 g/mol. The normalized spacial score (nSPS) is 12.9. The zero-order valence-electron chi connectivity index (χ0n) is 7.57. The number of H-pyrrole nitrogens is 1. The Bertz CT molecular complexity index is 523. The molecule has 5 nitrogen and oxygen atoms in total. The van der Waals surface area contributed by atoms with Crippen LogP contribution in [0.1, 0.15) is 11.7 Å². The van der Waals surface area contributed by atoms with Crippen molar-refractivity contribution in [1.82, 2.24) is 10.2 Å². The fraction of sp³-hybridized carbons (Fsp3) is 0.111. The number of aromatic amines is 1. The van der Waals surface area contributed by atoms with Gasteiger partial charge < -0.3 is 10.8 Å². The van der Waals surface area contributed by atoms with Gasteiger partial charge in [-0.15, -0.1) is 0 Å². The van der Waals surface area contributed by atoms with Crippen molar-refractivity contribution in [3.8, 4) is 0 Å². The summed E-state index contributed by atoms with van der Waals surface area (Å²) in [4.78, 5) is 10.8. The van der Waals surface area contributed by atoms with Crippen LogP contribution in [0.5, 0.6) is 0 Å². The second-order valence-electron chi connectivity index (χ2n) is 3.09. The number of carboxylic acid groups (broad SMARTS) is 1. The summed E-state index contributed by atoms with van der Waals surface area (Å²) in [5, 5.41) is 16.2. The molecule has 0 amide bonds. The molecule has 0 bridgehead atoms. The Hall–Kier alpha value is -1.40. The predicted octanol–water partition coefficient (Wildman–Crippen LogP) is 1.41. The van der Waals surface area contributed by atoms with Crippen molar-refractivity contribution in [3.63, 3.8) is 0 Å². The Labute approximate surface area is 93.4 Å². The summed E-state index contributed by atoms with van der Waals surface area (Å²) < 4.78 is 0.778. The first kappa shape index (κ1) is 10.1. The van der Waals surface area contributed by atoms with Crippen molar-refractivity contribution >= 4 is 32.8 Å². The number of nitrogens with two attached hydrogens (primary N) is 1. The van der Waals surface area contributed by atoms with Crippen LogP contribution in [0.3, 0.4) is 0 Å². The van der Waals surface area contributed by atoms with Gasteiger partial charge in [-0.25, -0.2) is 0 Å². The van der Waals surface area contributed by atoms with Gasteiger partial charge in [0, 0.05) is 9.86 Å². The number of aliphatic carboxylic acids is 1.